The third-order valence-corrected chi connectivity index (χ3v) is 5.16. The first-order valence-corrected chi connectivity index (χ1v) is 9.97. The second kappa shape index (κ2) is 8.50. The largest absolute Gasteiger partial charge is 0.416 e. The SMILES string of the molecule is Cn1c(=O)c2[nH]c(-c3ccc(NC(=O)/C=C/c4cccc(C(F)(F)F)c4)cc3)nc2n(C)c1=O. The molecule has 2 aromatic carbocycles. The summed E-state index contributed by atoms with van der Waals surface area (Å²) in [6.45, 7) is 0. The number of benzene rings is 2. The summed E-state index contributed by atoms with van der Waals surface area (Å²) in [6.07, 6.45) is -2.04. The Balaban J connectivity index is 1.50. The maximum atomic E-state index is 12.8. The Morgan fingerprint density at radius 3 is 2.44 bits per heavy atom. The average Bonchev–Trinajstić information content (AvgIpc) is 3.26. The van der Waals surface area contributed by atoms with Crippen LogP contribution in [-0.4, -0.2) is 25.0 Å². The van der Waals surface area contributed by atoms with E-state index >= 15 is 0 Å². The van der Waals surface area contributed by atoms with Gasteiger partial charge < -0.3 is 10.3 Å². The molecule has 8 nitrogen and oxygen atoms in total. The lowest BCUT2D eigenvalue weighted by Gasteiger charge is -2.06. The molecule has 0 bridgehead atoms. The lowest BCUT2D eigenvalue weighted by Crippen LogP contribution is -2.36. The van der Waals surface area contributed by atoms with Crippen LogP contribution in [0.2, 0.25) is 0 Å². The summed E-state index contributed by atoms with van der Waals surface area (Å²) in [6, 6.07) is 11.2. The molecule has 0 aliphatic heterocycles. The standard InChI is InChI=1S/C23H18F3N5O3/c1-30-20-18(21(33)31(2)22(30)34)28-19(29-20)14-7-9-16(10-8-14)27-17(32)11-6-13-4-3-5-15(12-13)23(24,25)26/h3-12H,1-2H3,(H,27,32)(H,28,29)/b11-6+. The number of fused-ring (bicyclic) bond motifs is 1. The number of amides is 1. The number of anilines is 1. The van der Waals surface area contributed by atoms with Crippen molar-refractivity contribution < 1.29 is 18.0 Å². The topological polar surface area (TPSA) is 102 Å². The molecule has 2 aromatic heterocycles. The summed E-state index contributed by atoms with van der Waals surface area (Å²) in [7, 11) is 2.89. The molecule has 2 heterocycles. The zero-order valence-corrected chi connectivity index (χ0v) is 18.0. The molecule has 4 aromatic rings. The highest BCUT2D eigenvalue weighted by atomic mass is 19.4. The molecule has 1 amide bonds. The van der Waals surface area contributed by atoms with E-state index in [4.69, 9.17) is 0 Å². The van der Waals surface area contributed by atoms with E-state index in [2.05, 4.69) is 15.3 Å². The second-order valence-electron chi connectivity index (χ2n) is 7.51. The van der Waals surface area contributed by atoms with Crippen molar-refractivity contribution in [3.63, 3.8) is 0 Å². The molecular weight excluding hydrogens is 451 g/mol. The van der Waals surface area contributed by atoms with Crippen molar-refractivity contribution in [3.05, 3.63) is 86.6 Å². The number of nitrogens with zero attached hydrogens (tertiary/aromatic N) is 3. The van der Waals surface area contributed by atoms with Crippen LogP contribution in [0.5, 0.6) is 0 Å². The van der Waals surface area contributed by atoms with E-state index in [1.54, 1.807) is 24.3 Å². The fourth-order valence-corrected chi connectivity index (χ4v) is 3.35. The number of halogens is 3. The van der Waals surface area contributed by atoms with Crippen molar-refractivity contribution in [2.75, 3.05) is 5.32 Å². The Kier molecular flexibility index (Phi) is 5.70. The fourth-order valence-electron chi connectivity index (χ4n) is 3.35. The van der Waals surface area contributed by atoms with Gasteiger partial charge in [0, 0.05) is 31.4 Å². The van der Waals surface area contributed by atoms with E-state index in [1.807, 2.05) is 0 Å². The smallest absolute Gasteiger partial charge is 0.332 e. The molecular formula is C23H18F3N5O3. The molecule has 11 heteroatoms. The molecule has 174 valence electrons. The minimum atomic E-state index is -4.46. The Labute approximate surface area is 190 Å². The van der Waals surface area contributed by atoms with E-state index in [9.17, 15) is 27.6 Å². The summed E-state index contributed by atoms with van der Waals surface area (Å²) in [4.78, 5) is 43.8. The fraction of sp³-hybridized carbons (Fsp3) is 0.130. The highest BCUT2D eigenvalue weighted by molar-refractivity contribution is 6.02. The van der Waals surface area contributed by atoms with Gasteiger partial charge in [-0.05, 0) is 48.0 Å². The van der Waals surface area contributed by atoms with E-state index in [1.165, 1.54) is 36.9 Å². The van der Waals surface area contributed by atoms with Crippen LogP contribution in [-0.2, 0) is 25.1 Å². The van der Waals surface area contributed by atoms with Crippen LogP contribution in [0.3, 0.4) is 0 Å². The second-order valence-corrected chi connectivity index (χ2v) is 7.51. The van der Waals surface area contributed by atoms with Gasteiger partial charge >= 0.3 is 11.9 Å². The van der Waals surface area contributed by atoms with Crippen LogP contribution in [0.25, 0.3) is 28.6 Å². The molecule has 34 heavy (non-hydrogen) atoms. The van der Waals surface area contributed by atoms with Gasteiger partial charge in [-0.1, -0.05) is 12.1 Å². The normalized spacial score (nSPS) is 11.9. The zero-order chi connectivity index (χ0) is 24.6. The average molecular weight is 469 g/mol. The van der Waals surface area contributed by atoms with Gasteiger partial charge in [0.2, 0.25) is 5.91 Å². The highest BCUT2D eigenvalue weighted by Crippen LogP contribution is 2.29. The molecule has 0 aliphatic carbocycles. The summed E-state index contributed by atoms with van der Waals surface area (Å²) < 4.78 is 40.7. The number of aryl methyl sites for hydroxylation is 1. The van der Waals surface area contributed by atoms with Gasteiger partial charge in [-0.2, -0.15) is 13.2 Å². The number of carbonyl (C=O) groups is 1. The Bertz CT molecular complexity index is 1540. The summed E-state index contributed by atoms with van der Waals surface area (Å²) in [5.74, 6) is -0.150. The number of hydrogen-bond acceptors (Lipinski definition) is 4. The van der Waals surface area contributed by atoms with Gasteiger partial charge in [-0.15, -0.1) is 0 Å². The number of rotatable bonds is 4. The van der Waals surface area contributed by atoms with Crippen LogP contribution < -0.4 is 16.6 Å². The van der Waals surface area contributed by atoms with E-state index in [-0.39, 0.29) is 16.7 Å². The van der Waals surface area contributed by atoms with Gasteiger partial charge in [0.05, 0.1) is 5.56 Å². The first kappa shape index (κ1) is 22.8. The number of hydrogen-bond donors (Lipinski definition) is 2. The first-order valence-electron chi connectivity index (χ1n) is 9.97. The van der Waals surface area contributed by atoms with Gasteiger partial charge in [-0.3, -0.25) is 18.7 Å². The van der Waals surface area contributed by atoms with Crippen LogP contribution >= 0.6 is 0 Å². The number of imidazole rings is 1. The lowest BCUT2D eigenvalue weighted by molar-refractivity contribution is -0.137. The molecule has 0 spiro atoms. The van der Waals surface area contributed by atoms with Gasteiger partial charge in [0.15, 0.2) is 5.65 Å². The predicted molar refractivity (Wildman–Crippen MR) is 121 cm³/mol. The Hall–Kier alpha value is -4.41. The summed E-state index contributed by atoms with van der Waals surface area (Å²) in [5, 5.41) is 2.62. The predicted octanol–water partition coefficient (Wildman–Crippen LogP) is 3.30. The monoisotopic (exact) mass is 469 g/mol. The minimum absolute atomic E-state index is 0.191. The van der Waals surface area contributed by atoms with Crippen molar-refractivity contribution in [3.8, 4) is 11.4 Å². The number of H-pyrrole nitrogens is 1. The number of nitrogens with one attached hydrogen (secondary N) is 2. The Morgan fingerprint density at radius 1 is 1.06 bits per heavy atom. The summed E-state index contributed by atoms with van der Waals surface area (Å²) in [5.41, 5.74) is -0.0676. The molecule has 0 fully saturated rings. The molecule has 0 unspecified atom stereocenters. The zero-order valence-electron chi connectivity index (χ0n) is 18.0. The van der Waals surface area contributed by atoms with Crippen LogP contribution in [0, 0.1) is 0 Å². The van der Waals surface area contributed by atoms with Crippen molar-refractivity contribution in [2.45, 2.75) is 6.18 Å². The Morgan fingerprint density at radius 2 is 1.76 bits per heavy atom. The highest BCUT2D eigenvalue weighted by Gasteiger charge is 2.30. The lowest BCUT2D eigenvalue weighted by atomic mass is 10.1. The maximum absolute atomic E-state index is 12.8. The number of carbonyl (C=O) groups excluding carboxylic acids is 1. The number of aromatic amines is 1. The van der Waals surface area contributed by atoms with Crippen molar-refractivity contribution in [1.82, 2.24) is 19.1 Å². The van der Waals surface area contributed by atoms with Crippen molar-refractivity contribution in [1.29, 1.82) is 0 Å². The molecule has 0 saturated carbocycles. The molecule has 0 saturated heterocycles. The third kappa shape index (κ3) is 4.40. The molecule has 0 atom stereocenters. The molecule has 0 radical (unpaired) electrons. The van der Waals surface area contributed by atoms with Crippen LogP contribution in [0.4, 0.5) is 18.9 Å². The van der Waals surface area contributed by atoms with E-state index in [0.29, 0.717) is 17.1 Å². The quantitative estimate of drug-likeness (QED) is 0.448. The third-order valence-electron chi connectivity index (χ3n) is 5.16. The number of alkyl halides is 3. The van der Waals surface area contributed by atoms with Crippen molar-refractivity contribution >= 4 is 28.8 Å². The van der Waals surface area contributed by atoms with Crippen LogP contribution in [0.1, 0.15) is 11.1 Å². The van der Waals surface area contributed by atoms with Crippen molar-refractivity contribution in [2.24, 2.45) is 14.1 Å². The van der Waals surface area contributed by atoms with E-state index < -0.39 is 28.9 Å². The van der Waals surface area contributed by atoms with Gasteiger partial charge in [-0.25, -0.2) is 9.78 Å². The molecule has 4 rings (SSSR count). The van der Waals surface area contributed by atoms with Crippen LogP contribution in [0.15, 0.2) is 64.2 Å². The molecule has 2 N–H and O–H groups in total. The van der Waals surface area contributed by atoms with E-state index in [0.717, 1.165) is 22.8 Å². The van der Waals surface area contributed by atoms with Gasteiger partial charge in [0.1, 0.15) is 11.3 Å². The summed E-state index contributed by atoms with van der Waals surface area (Å²) >= 11 is 0. The minimum Gasteiger partial charge on any atom is -0.332 e. The van der Waals surface area contributed by atoms with Gasteiger partial charge in [0.25, 0.3) is 5.56 Å². The molecule has 0 aliphatic rings. The maximum Gasteiger partial charge on any atom is 0.416 e. The number of aromatic nitrogens is 4. The first-order chi connectivity index (χ1) is 16.0.